The van der Waals surface area contributed by atoms with Gasteiger partial charge in [-0.1, -0.05) is 42.5 Å². The summed E-state index contributed by atoms with van der Waals surface area (Å²) in [6.45, 7) is 0. The number of carboxylic acids is 1. The van der Waals surface area contributed by atoms with Gasteiger partial charge in [0.2, 0.25) is 0 Å². The number of aromatic nitrogens is 8. The summed E-state index contributed by atoms with van der Waals surface area (Å²) in [5.41, 5.74) is 17.6. The van der Waals surface area contributed by atoms with Gasteiger partial charge in [-0.15, -0.1) is 10.2 Å². The molecular weight excluding hydrogens is 532 g/mol. The number of aliphatic carboxylic acids is 1. The molecule has 0 aliphatic heterocycles. The summed E-state index contributed by atoms with van der Waals surface area (Å²) in [4.78, 5) is 26.7. The third-order valence-corrected chi connectivity index (χ3v) is 6.58. The van der Waals surface area contributed by atoms with Gasteiger partial charge in [0.05, 0.1) is 23.1 Å². The van der Waals surface area contributed by atoms with Crippen LogP contribution in [0.1, 0.15) is 17.0 Å². The maximum absolute atomic E-state index is 10.5. The molecule has 12 nitrogen and oxygen atoms in total. The number of benzene rings is 3. The van der Waals surface area contributed by atoms with Gasteiger partial charge in [0.1, 0.15) is 24.3 Å². The monoisotopic (exact) mass is 556 g/mol. The molecule has 5 N–H and O–H groups in total. The highest BCUT2D eigenvalue weighted by Crippen LogP contribution is 2.21. The van der Waals surface area contributed by atoms with Crippen molar-refractivity contribution in [2.24, 2.45) is 0 Å². The summed E-state index contributed by atoms with van der Waals surface area (Å²) >= 11 is 0. The Hall–Kier alpha value is -6.04. The lowest BCUT2D eigenvalue weighted by atomic mass is 10.1. The minimum absolute atomic E-state index is 0.0235. The molecule has 0 unspecified atom stereocenters. The molecule has 0 aliphatic rings. The van der Waals surface area contributed by atoms with Crippen molar-refractivity contribution < 1.29 is 9.90 Å². The standard InChI is InChI=1S/C20H15N7.C10H9N3O2/c21-20-15-10-13(6-7-17(15)22-12-23-20)11-19-25-24-18-9-8-16(26-27(18)19)14-4-2-1-3-5-14;11-10-7-3-6(4-9(14)15)1-2-8(7)12-5-13-10/h1-10,12H,11H2,(H2,21,22,23);1-3,5H,4H2,(H,14,15)(H2,11,12,13). The van der Waals surface area contributed by atoms with Crippen LogP contribution in [0.4, 0.5) is 11.6 Å². The van der Waals surface area contributed by atoms with Gasteiger partial charge >= 0.3 is 5.97 Å². The lowest BCUT2D eigenvalue weighted by Gasteiger charge is -2.05. The Morgan fingerprint density at radius 1 is 0.738 bits per heavy atom. The Balaban J connectivity index is 0.000000179. The van der Waals surface area contributed by atoms with Crippen LogP contribution in [-0.2, 0) is 17.6 Å². The van der Waals surface area contributed by atoms with Crippen LogP contribution in [0.15, 0.2) is 91.5 Å². The second kappa shape index (κ2) is 11.2. The minimum Gasteiger partial charge on any atom is -0.481 e. The summed E-state index contributed by atoms with van der Waals surface area (Å²) < 4.78 is 1.79. The number of carbonyl (C=O) groups is 1. The number of fused-ring (bicyclic) bond motifs is 3. The van der Waals surface area contributed by atoms with Crippen molar-refractivity contribution in [3.05, 3.63) is 108 Å². The SMILES string of the molecule is Nc1ncnc2ccc(CC(=O)O)cc12.Nc1ncnc2ccc(Cc3nnc4ccc(-c5ccccc5)nn34)cc12. The van der Waals surface area contributed by atoms with Gasteiger partial charge in [-0.2, -0.15) is 9.61 Å². The predicted molar refractivity (Wildman–Crippen MR) is 158 cm³/mol. The molecule has 0 saturated carbocycles. The van der Waals surface area contributed by atoms with Crippen molar-refractivity contribution >= 4 is 45.1 Å². The zero-order chi connectivity index (χ0) is 29.1. The normalized spacial score (nSPS) is 11.0. The molecule has 0 spiro atoms. The highest BCUT2D eigenvalue weighted by atomic mass is 16.4. The van der Waals surface area contributed by atoms with Gasteiger partial charge in [0.25, 0.3) is 0 Å². The Morgan fingerprint density at radius 3 is 2.05 bits per heavy atom. The van der Waals surface area contributed by atoms with Crippen LogP contribution in [0, 0.1) is 0 Å². The maximum Gasteiger partial charge on any atom is 0.307 e. The molecule has 4 aromatic heterocycles. The number of anilines is 2. The van der Waals surface area contributed by atoms with E-state index in [9.17, 15) is 4.79 Å². The third kappa shape index (κ3) is 5.49. The lowest BCUT2D eigenvalue weighted by molar-refractivity contribution is -0.136. The number of nitrogens with two attached hydrogens (primary N) is 2. The molecule has 0 aliphatic carbocycles. The first kappa shape index (κ1) is 26.2. The van der Waals surface area contributed by atoms with Crippen LogP contribution in [-0.4, -0.2) is 50.8 Å². The van der Waals surface area contributed by atoms with E-state index in [0.29, 0.717) is 34.7 Å². The molecule has 0 atom stereocenters. The molecule has 206 valence electrons. The summed E-state index contributed by atoms with van der Waals surface area (Å²) in [7, 11) is 0. The summed E-state index contributed by atoms with van der Waals surface area (Å²) in [6, 6.07) is 25.0. The molecule has 0 bridgehead atoms. The zero-order valence-electron chi connectivity index (χ0n) is 22.2. The van der Waals surface area contributed by atoms with E-state index >= 15 is 0 Å². The average molecular weight is 557 g/mol. The quantitative estimate of drug-likeness (QED) is 0.280. The van der Waals surface area contributed by atoms with Crippen LogP contribution in [0.5, 0.6) is 0 Å². The van der Waals surface area contributed by atoms with E-state index in [4.69, 9.17) is 21.7 Å². The van der Waals surface area contributed by atoms with Crippen LogP contribution >= 0.6 is 0 Å². The van der Waals surface area contributed by atoms with Gasteiger partial charge < -0.3 is 16.6 Å². The van der Waals surface area contributed by atoms with E-state index < -0.39 is 5.97 Å². The van der Waals surface area contributed by atoms with Crippen molar-refractivity contribution in [2.45, 2.75) is 12.8 Å². The van der Waals surface area contributed by atoms with Gasteiger partial charge in [0.15, 0.2) is 11.5 Å². The molecule has 0 radical (unpaired) electrons. The molecular formula is C30H24N10O2. The van der Waals surface area contributed by atoms with Crippen LogP contribution in [0.25, 0.3) is 38.7 Å². The van der Waals surface area contributed by atoms with E-state index in [1.165, 1.54) is 12.7 Å². The van der Waals surface area contributed by atoms with Crippen LogP contribution in [0.2, 0.25) is 0 Å². The average Bonchev–Trinajstić information content (AvgIpc) is 3.40. The van der Waals surface area contributed by atoms with E-state index in [0.717, 1.165) is 39.1 Å². The predicted octanol–water partition coefficient (Wildman–Crippen LogP) is 3.75. The molecule has 7 aromatic rings. The van der Waals surface area contributed by atoms with E-state index in [2.05, 4.69) is 30.1 Å². The number of carboxylic acid groups (broad SMARTS) is 1. The largest absolute Gasteiger partial charge is 0.481 e. The topological polar surface area (TPSA) is 184 Å². The highest BCUT2D eigenvalue weighted by molar-refractivity contribution is 5.89. The van der Waals surface area contributed by atoms with Crippen molar-refractivity contribution in [1.29, 1.82) is 0 Å². The number of hydrogen-bond acceptors (Lipinski definition) is 10. The van der Waals surface area contributed by atoms with Crippen LogP contribution < -0.4 is 11.5 Å². The lowest BCUT2D eigenvalue weighted by Crippen LogP contribution is -2.02. The Kier molecular flexibility index (Phi) is 6.99. The third-order valence-electron chi connectivity index (χ3n) is 6.58. The Labute approximate surface area is 238 Å². The fraction of sp³-hybridized carbons (Fsp3) is 0.0667. The van der Waals surface area contributed by atoms with Gasteiger partial charge in [-0.05, 0) is 47.5 Å². The fourth-order valence-corrected chi connectivity index (χ4v) is 4.53. The van der Waals surface area contributed by atoms with Crippen LogP contribution in [0.3, 0.4) is 0 Å². The first-order valence-corrected chi connectivity index (χ1v) is 12.9. The molecule has 4 heterocycles. The molecule has 0 amide bonds. The number of nitrogen functional groups attached to an aromatic ring is 2. The van der Waals surface area contributed by atoms with Gasteiger partial charge in [-0.3, -0.25) is 4.79 Å². The fourth-order valence-electron chi connectivity index (χ4n) is 4.53. The molecule has 7 rings (SSSR count). The molecule has 0 fully saturated rings. The smallest absolute Gasteiger partial charge is 0.307 e. The zero-order valence-corrected chi connectivity index (χ0v) is 22.2. The van der Waals surface area contributed by atoms with Crippen molar-refractivity contribution in [3.63, 3.8) is 0 Å². The summed E-state index contributed by atoms with van der Waals surface area (Å²) in [5, 5.41) is 23.4. The van der Waals surface area contributed by atoms with Crippen molar-refractivity contribution in [2.75, 3.05) is 11.5 Å². The van der Waals surface area contributed by atoms with Gasteiger partial charge in [-0.25, -0.2) is 19.9 Å². The Morgan fingerprint density at radius 2 is 1.38 bits per heavy atom. The second-order valence-electron chi connectivity index (χ2n) is 9.44. The van der Waals surface area contributed by atoms with E-state index in [-0.39, 0.29) is 6.42 Å². The molecule has 3 aromatic carbocycles. The molecule has 12 heteroatoms. The Bertz CT molecular complexity index is 2060. The highest BCUT2D eigenvalue weighted by Gasteiger charge is 2.11. The van der Waals surface area contributed by atoms with Gasteiger partial charge in [0, 0.05) is 22.8 Å². The minimum atomic E-state index is -0.871. The molecule has 42 heavy (non-hydrogen) atoms. The summed E-state index contributed by atoms with van der Waals surface area (Å²) in [6.07, 6.45) is 3.41. The number of rotatable bonds is 5. The maximum atomic E-state index is 10.5. The first-order chi connectivity index (χ1) is 20.4. The van der Waals surface area contributed by atoms with Crippen molar-refractivity contribution in [3.8, 4) is 11.3 Å². The number of nitrogens with zero attached hydrogens (tertiary/aromatic N) is 8. The second-order valence-corrected chi connectivity index (χ2v) is 9.44. The van der Waals surface area contributed by atoms with Crippen molar-refractivity contribution in [1.82, 2.24) is 39.7 Å². The van der Waals surface area contributed by atoms with E-state index in [1.807, 2.05) is 60.7 Å². The number of hydrogen-bond donors (Lipinski definition) is 3. The summed E-state index contributed by atoms with van der Waals surface area (Å²) in [5.74, 6) is 0.729. The first-order valence-electron chi connectivity index (χ1n) is 12.9. The van der Waals surface area contributed by atoms with E-state index in [1.54, 1.807) is 22.7 Å². The molecule has 0 saturated heterocycles.